The Balaban J connectivity index is 2.22. The van der Waals surface area contributed by atoms with E-state index < -0.39 is 6.10 Å². The van der Waals surface area contributed by atoms with Crippen molar-refractivity contribution < 1.29 is 9.84 Å². The summed E-state index contributed by atoms with van der Waals surface area (Å²) in [5, 5.41) is 10.3. The zero-order valence-corrected chi connectivity index (χ0v) is 13.2. The Morgan fingerprint density at radius 2 is 2.10 bits per heavy atom. The van der Waals surface area contributed by atoms with Crippen LogP contribution < -0.4 is 4.90 Å². The molecule has 1 fully saturated rings. The van der Waals surface area contributed by atoms with E-state index in [4.69, 9.17) is 16.3 Å². The highest BCUT2D eigenvalue weighted by Crippen LogP contribution is 2.39. The molecule has 0 aliphatic heterocycles. The highest BCUT2D eigenvalue weighted by Gasteiger charge is 2.32. The number of halogens is 1. The van der Waals surface area contributed by atoms with Crippen LogP contribution in [0.1, 0.15) is 38.4 Å². The zero-order valence-electron chi connectivity index (χ0n) is 12.5. The molecule has 1 aliphatic rings. The number of ether oxygens (including phenoxy) is 1. The van der Waals surface area contributed by atoms with Crippen molar-refractivity contribution in [1.29, 1.82) is 0 Å². The van der Waals surface area contributed by atoms with E-state index in [0.29, 0.717) is 17.7 Å². The van der Waals surface area contributed by atoms with Crippen molar-refractivity contribution in [2.75, 3.05) is 25.2 Å². The van der Waals surface area contributed by atoms with E-state index in [2.05, 4.69) is 11.8 Å². The van der Waals surface area contributed by atoms with Crippen molar-refractivity contribution in [2.24, 2.45) is 5.92 Å². The third-order valence-electron chi connectivity index (χ3n) is 4.10. The Hall–Kier alpha value is -0.770. The van der Waals surface area contributed by atoms with E-state index >= 15 is 0 Å². The summed E-state index contributed by atoms with van der Waals surface area (Å²) >= 11 is 6.42. The predicted octanol–water partition coefficient (Wildman–Crippen LogP) is 3.64. The number of benzene rings is 1. The molecule has 4 heteroatoms. The van der Waals surface area contributed by atoms with E-state index in [9.17, 15) is 5.11 Å². The molecule has 0 aromatic heterocycles. The first kappa shape index (κ1) is 15.6. The molecule has 0 radical (unpaired) electrons. The number of aliphatic hydroxyl groups is 1. The van der Waals surface area contributed by atoms with Crippen molar-refractivity contribution >= 4 is 17.3 Å². The number of nitrogens with zero attached hydrogens (tertiary/aromatic N) is 1. The largest absolute Gasteiger partial charge is 0.389 e. The topological polar surface area (TPSA) is 32.7 Å². The second-order valence-corrected chi connectivity index (χ2v) is 6.06. The molecule has 1 aliphatic carbocycles. The molecule has 0 bridgehead atoms. The van der Waals surface area contributed by atoms with Gasteiger partial charge in [0.2, 0.25) is 0 Å². The fraction of sp³-hybridized carbons (Fsp3) is 0.625. The minimum Gasteiger partial charge on any atom is -0.389 e. The number of hydrogen-bond acceptors (Lipinski definition) is 3. The van der Waals surface area contributed by atoms with Gasteiger partial charge in [-0.15, -0.1) is 0 Å². The van der Waals surface area contributed by atoms with Gasteiger partial charge in [-0.1, -0.05) is 17.7 Å². The highest BCUT2D eigenvalue weighted by molar-refractivity contribution is 6.33. The Morgan fingerprint density at radius 3 is 2.60 bits per heavy atom. The Kier molecular flexibility index (Phi) is 5.30. The SMILES string of the molecule is COCCN(c1ccc(C(C)O)cc1Cl)C(C)C1CC1. The number of rotatable bonds is 7. The van der Waals surface area contributed by atoms with Crippen molar-refractivity contribution in [3.63, 3.8) is 0 Å². The smallest absolute Gasteiger partial charge is 0.0762 e. The second-order valence-electron chi connectivity index (χ2n) is 5.65. The molecule has 2 unspecified atom stereocenters. The lowest BCUT2D eigenvalue weighted by molar-refractivity contribution is 0.199. The van der Waals surface area contributed by atoms with Gasteiger partial charge in [0.25, 0.3) is 0 Å². The first-order chi connectivity index (χ1) is 9.54. The van der Waals surface area contributed by atoms with Gasteiger partial charge in [-0.3, -0.25) is 0 Å². The maximum Gasteiger partial charge on any atom is 0.0762 e. The van der Waals surface area contributed by atoms with Gasteiger partial charge in [0.15, 0.2) is 0 Å². The van der Waals surface area contributed by atoms with Crippen LogP contribution in [0.5, 0.6) is 0 Å². The van der Waals surface area contributed by atoms with E-state index in [-0.39, 0.29) is 0 Å². The van der Waals surface area contributed by atoms with Crippen LogP contribution >= 0.6 is 11.6 Å². The first-order valence-electron chi connectivity index (χ1n) is 7.27. The lowest BCUT2D eigenvalue weighted by atomic mass is 10.1. The van der Waals surface area contributed by atoms with Crippen LogP contribution in [0.3, 0.4) is 0 Å². The monoisotopic (exact) mass is 297 g/mol. The standard InChI is InChI=1S/C16H24ClNO2/c1-11(13-4-5-13)18(8-9-20-3)16-7-6-14(12(2)19)10-15(16)17/h6-7,10-13,19H,4-5,8-9H2,1-3H3. The average molecular weight is 298 g/mol. The number of hydrogen-bond donors (Lipinski definition) is 1. The summed E-state index contributed by atoms with van der Waals surface area (Å²) in [5.41, 5.74) is 1.89. The molecule has 112 valence electrons. The van der Waals surface area contributed by atoms with Crippen LogP contribution in [0.25, 0.3) is 0 Å². The van der Waals surface area contributed by atoms with Crippen molar-refractivity contribution in [2.45, 2.75) is 38.8 Å². The van der Waals surface area contributed by atoms with E-state index in [1.54, 1.807) is 14.0 Å². The zero-order chi connectivity index (χ0) is 14.7. The molecule has 2 rings (SSSR count). The van der Waals surface area contributed by atoms with Crippen LogP contribution in [0.15, 0.2) is 18.2 Å². The molecule has 2 atom stereocenters. The van der Waals surface area contributed by atoms with Gasteiger partial charge in [-0.2, -0.15) is 0 Å². The minimum absolute atomic E-state index is 0.472. The molecular formula is C16H24ClNO2. The van der Waals surface area contributed by atoms with E-state index in [0.717, 1.165) is 23.7 Å². The van der Waals surface area contributed by atoms with Gasteiger partial charge in [-0.05, 0) is 50.3 Å². The van der Waals surface area contributed by atoms with Crippen molar-refractivity contribution in [3.05, 3.63) is 28.8 Å². The summed E-state index contributed by atoms with van der Waals surface area (Å²) < 4.78 is 5.22. The second kappa shape index (κ2) is 6.79. The summed E-state index contributed by atoms with van der Waals surface area (Å²) in [6, 6.07) is 6.30. The number of methoxy groups -OCH3 is 1. The van der Waals surface area contributed by atoms with Gasteiger partial charge in [0, 0.05) is 19.7 Å². The lowest BCUT2D eigenvalue weighted by Crippen LogP contribution is -2.37. The molecule has 0 spiro atoms. The Labute approximate surface area is 126 Å². The highest BCUT2D eigenvalue weighted by atomic mass is 35.5. The van der Waals surface area contributed by atoms with Gasteiger partial charge in [0.1, 0.15) is 0 Å². The van der Waals surface area contributed by atoms with Crippen molar-refractivity contribution in [3.8, 4) is 0 Å². The van der Waals surface area contributed by atoms with Crippen LogP contribution in [-0.2, 0) is 4.74 Å². The van der Waals surface area contributed by atoms with Crippen LogP contribution in [-0.4, -0.2) is 31.4 Å². The average Bonchev–Trinajstić information content (AvgIpc) is 3.24. The Morgan fingerprint density at radius 1 is 1.40 bits per heavy atom. The Bertz CT molecular complexity index is 446. The van der Waals surface area contributed by atoms with Gasteiger partial charge in [0.05, 0.1) is 23.4 Å². The van der Waals surface area contributed by atoms with Crippen LogP contribution in [0.2, 0.25) is 5.02 Å². The normalized spacial score (nSPS) is 17.9. The molecule has 0 heterocycles. The van der Waals surface area contributed by atoms with Gasteiger partial charge in [-0.25, -0.2) is 0 Å². The van der Waals surface area contributed by atoms with Crippen molar-refractivity contribution in [1.82, 2.24) is 0 Å². The molecule has 1 aromatic rings. The van der Waals surface area contributed by atoms with E-state index in [1.807, 2.05) is 18.2 Å². The predicted molar refractivity (Wildman–Crippen MR) is 83.5 cm³/mol. The summed E-state index contributed by atoms with van der Waals surface area (Å²) in [4.78, 5) is 2.33. The molecule has 20 heavy (non-hydrogen) atoms. The maximum absolute atomic E-state index is 9.63. The molecule has 3 nitrogen and oxygen atoms in total. The molecular weight excluding hydrogens is 274 g/mol. The molecule has 0 amide bonds. The number of aliphatic hydroxyl groups excluding tert-OH is 1. The summed E-state index contributed by atoms with van der Waals surface area (Å²) in [5.74, 6) is 0.763. The third kappa shape index (κ3) is 3.66. The summed E-state index contributed by atoms with van der Waals surface area (Å²) in [7, 11) is 1.72. The molecule has 1 N–H and O–H groups in total. The van der Waals surface area contributed by atoms with Crippen LogP contribution in [0.4, 0.5) is 5.69 Å². The maximum atomic E-state index is 9.63. The van der Waals surface area contributed by atoms with Crippen LogP contribution in [0, 0.1) is 5.92 Å². The quantitative estimate of drug-likeness (QED) is 0.834. The van der Waals surface area contributed by atoms with Gasteiger partial charge >= 0.3 is 0 Å². The fourth-order valence-electron chi connectivity index (χ4n) is 2.58. The summed E-state index contributed by atoms with van der Waals surface area (Å²) in [6.45, 7) is 5.53. The van der Waals surface area contributed by atoms with E-state index in [1.165, 1.54) is 12.8 Å². The molecule has 1 saturated carbocycles. The van der Waals surface area contributed by atoms with Gasteiger partial charge < -0.3 is 14.7 Å². The third-order valence-corrected chi connectivity index (χ3v) is 4.40. The number of anilines is 1. The lowest BCUT2D eigenvalue weighted by Gasteiger charge is -2.32. The molecule has 0 saturated heterocycles. The summed E-state index contributed by atoms with van der Waals surface area (Å²) in [6.07, 6.45) is 2.11. The molecule has 1 aromatic carbocycles. The minimum atomic E-state index is -0.491. The first-order valence-corrected chi connectivity index (χ1v) is 7.65. The fourth-order valence-corrected chi connectivity index (χ4v) is 2.88.